The van der Waals surface area contributed by atoms with Crippen LogP contribution in [0.3, 0.4) is 0 Å². The van der Waals surface area contributed by atoms with Crippen molar-refractivity contribution in [2.75, 3.05) is 13.1 Å². The summed E-state index contributed by atoms with van der Waals surface area (Å²) in [6, 6.07) is 0. The van der Waals surface area contributed by atoms with E-state index >= 15 is 0 Å². The first-order chi connectivity index (χ1) is 4.84. The van der Waals surface area contributed by atoms with Gasteiger partial charge in [0, 0.05) is 38.1 Å². The quantitative estimate of drug-likeness (QED) is 0.662. The van der Waals surface area contributed by atoms with Crippen LogP contribution in [0, 0.1) is 0 Å². The normalized spacial score (nSPS) is 16.8. The van der Waals surface area contributed by atoms with Crippen LogP contribution < -0.4 is 0 Å². The molecule has 1 aliphatic heterocycles. The minimum Gasteiger partial charge on any atom is -0.343 e. The Balaban J connectivity index is 0.000001000. The second-order valence-electron chi connectivity index (χ2n) is 2.84. The van der Waals surface area contributed by atoms with E-state index in [9.17, 15) is 4.79 Å². The van der Waals surface area contributed by atoms with Crippen molar-refractivity contribution in [3.05, 3.63) is 0 Å². The zero-order valence-electron chi connectivity index (χ0n) is 7.05. The van der Waals surface area contributed by atoms with Gasteiger partial charge in [-0.25, -0.2) is 0 Å². The maximum absolute atomic E-state index is 11.0. The standard InChI is InChI=1S/C8H15NO.V/c1-2-3-6-9-7-4-5-8(9)10;/h2-7H2,1H3;. The number of unbranched alkanes of at least 4 members (excludes halogenated alkanes) is 1. The smallest absolute Gasteiger partial charge is 0.222 e. The third-order valence-electron chi connectivity index (χ3n) is 1.95. The predicted octanol–water partition coefficient (Wildman–Crippen LogP) is 1.41. The molecule has 1 heterocycles. The summed E-state index contributed by atoms with van der Waals surface area (Å²) >= 11 is 0. The summed E-state index contributed by atoms with van der Waals surface area (Å²) in [6.07, 6.45) is 4.20. The molecule has 0 atom stereocenters. The molecule has 3 heteroatoms. The fraction of sp³-hybridized carbons (Fsp3) is 0.875. The Morgan fingerprint density at radius 3 is 2.73 bits per heavy atom. The monoisotopic (exact) mass is 192 g/mol. The molecule has 1 radical (unpaired) electrons. The van der Waals surface area contributed by atoms with Gasteiger partial charge in [-0.2, -0.15) is 0 Å². The molecule has 0 spiro atoms. The minimum absolute atomic E-state index is 0. The predicted molar refractivity (Wildman–Crippen MR) is 40.7 cm³/mol. The van der Waals surface area contributed by atoms with E-state index in [1.165, 1.54) is 6.42 Å². The van der Waals surface area contributed by atoms with E-state index in [-0.39, 0.29) is 18.6 Å². The molecule has 0 unspecified atom stereocenters. The van der Waals surface area contributed by atoms with E-state index in [1.54, 1.807) is 0 Å². The topological polar surface area (TPSA) is 20.3 Å². The van der Waals surface area contributed by atoms with Crippen molar-refractivity contribution in [2.45, 2.75) is 32.6 Å². The first-order valence-electron chi connectivity index (χ1n) is 4.12. The zero-order chi connectivity index (χ0) is 7.40. The van der Waals surface area contributed by atoms with Gasteiger partial charge in [0.1, 0.15) is 0 Å². The Bertz CT molecular complexity index is 127. The summed E-state index contributed by atoms with van der Waals surface area (Å²) in [7, 11) is 0. The maximum Gasteiger partial charge on any atom is 0.222 e. The molecule has 1 amide bonds. The van der Waals surface area contributed by atoms with E-state index in [0.29, 0.717) is 5.91 Å². The average Bonchev–Trinajstić information content (AvgIpc) is 2.31. The van der Waals surface area contributed by atoms with Crippen LogP contribution in [0.2, 0.25) is 0 Å². The van der Waals surface area contributed by atoms with E-state index in [2.05, 4.69) is 6.92 Å². The van der Waals surface area contributed by atoms with E-state index in [1.807, 2.05) is 4.90 Å². The molecule has 0 N–H and O–H groups in total. The van der Waals surface area contributed by atoms with Crippen LogP contribution in [0.4, 0.5) is 0 Å². The van der Waals surface area contributed by atoms with Gasteiger partial charge in [0.2, 0.25) is 5.91 Å². The largest absolute Gasteiger partial charge is 0.343 e. The number of carbonyl (C=O) groups excluding carboxylic acids is 1. The summed E-state index contributed by atoms with van der Waals surface area (Å²) in [4.78, 5) is 13.0. The van der Waals surface area contributed by atoms with Crippen LogP contribution in [-0.4, -0.2) is 23.9 Å². The second kappa shape index (κ2) is 5.67. The Morgan fingerprint density at radius 1 is 1.55 bits per heavy atom. The maximum atomic E-state index is 11.0. The van der Waals surface area contributed by atoms with Crippen LogP contribution in [-0.2, 0) is 23.4 Å². The summed E-state index contributed by atoms with van der Waals surface area (Å²) in [6.45, 7) is 4.13. The van der Waals surface area contributed by atoms with Crippen molar-refractivity contribution in [3.8, 4) is 0 Å². The summed E-state index contributed by atoms with van der Waals surface area (Å²) in [5, 5.41) is 0. The molecule has 2 nitrogen and oxygen atoms in total. The number of nitrogens with zero attached hydrogens (tertiary/aromatic N) is 1. The van der Waals surface area contributed by atoms with Gasteiger partial charge in [0.05, 0.1) is 0 Å². The summed E-state index contributed by atoms with van der Waals surface area (Å²) in [5.41, 5.74) is 0. The van der Waals surface area contributed by atoms with Crippen LogP contribution in [0.15, 0.2) is 0 Å². The van der Waals surface area contributed by atoms with Gasteiger partial charge in [0.15, 0.2) is 0 Å². The Kier molecular flexibility index (Phi) is 5.70. The molecule has 0 aliphatic carbocycles. The summed E-state index contributed by atoms with van der Waals surface area (Å²) in [5.74, 6) is 0.355. The van der Waals surface area contributed by atoms with E-state index < -0.39 is 0 Å². The molecule has 1 fully saturated rings. The van der Waals surface area contributed by atoms with Gasteiger partial charge in [0.25, 0.3) is 0 Å². The van der Waals surface area contributed by atoms with Crippen LogP contribution in [0.25, 0.3) is 0 Å². The van der Waals surface area contributed by atoms with Crippen molar-refractivity contribution < 1.29 is 23.4 Å². The van der Waals surface area contributed by atoms with Gasteiger partial charge in [-0.1, -0.05) is 13.3 Å². The minimum atomic E-state index is 0. The molecule has 0 saturated carbocycles. The molecule has 0 aromatic heterocycles. The number of carbonyl (C=O) groups is 1. The Labute approximate surface area is 80.2 Å². The van der Waals surface area contributed by atoms with Gasteiger partial charge < -0.3 is 4.90 Å². The third kappa shape index (κ3) is 3.30. The van der Waals surface area contributed by atoms with E-state index in [4.69, 9.17) is 0 Å². The molecule has 0 aromatic carbocycles. The molecule has 1 aliphatic rings. The molecular formula is C8H15NOV. The van der Waals surface area contributed by atoms with Crippen molar-refractivity contribution in [3.63, 3.8) is 0 Å². The first-order valence-corrected chi connectivity index (χ1v) is 4.12. The van der Waals surface area contributed by atoms with Crippen LogP contribution in [0.5, 0.6) is 0 Å². The van der Waals surface area contributed by atoms with Crippen molar-refractivity contribution in [2.24, 2.45) is 0 Å². The molecule has 0 bridgehead atoms. The Morgan fingerprint density at radius 2 is 2.27 bits per heavy atom. The molecular weight excluding hydrogens is 177 g/mol. The molecule has 11 heavy (non-hydrogen) atoms. The number of hydrogen-bond donors (Lipinski definition) is 0. The fourth-order valence-corrected chi connectivity index (χ4v) is 1.29. The van der Waals surface area contributed by atoms with E-state index in [0.717, 1.165) is 32.4 Å². The van der Waals surface area contributed by atoms with Crippen LogP contribution in [0.1, 0.15) is 32.6 Å². The SMILES string of the molecule is CCCCN1CCCC1=O.[V]. The average molecular weight is 192 g/mol. The molecule has 1 saturated heterocycles. The van der Waals surface area contributed by atoms with Crippen LogP contribution >= 0.6 is 0 Å². The number of amides is 1. The number of rotatable bonds is 3. The van der Waals surface area contributed by atoms with Gasteiger partial charge in [-0.05, 0) is 12.8 Å². The van der Waals surface area contributed by atoms with Gasteiger partial charge in [-0.15, -0.1) is 0 Å². The molecule has 1 rings (SSSR count). The van der Waals surface area contributed by atoms with Crippen molar-refractivity contribution in [1.29, 1.82) is 0 Å². The number of likely N-dealkylation sites (tertiary alicyclic amines) is 1. The summed E-state index contributed by atoms with van der Waals surface area (Å²) < 4.78 is 0. The van der Waals surface area contributed by atoms with Gasteiger partial charge in [-0.3, -0.25) is 4.79 Å². The van der Waals surface area contributed by atoms with Crippen molar-refractivity contribution in [1.82, 2.24) is 4.90 Å². The fourth-order valence-electron chi connectivity index (χ4n) is 1.29. The third-order valence-corrected chi connectivity index (χ3v) is 1.95. The number of hydrogen-bond acceptors (Lipinski definition) is 1. The molecule has 63 valence electrons. The zero-order valence-corrected chi connectivity index (χ0v) is 8.44. The second-order valence-corrected chi connectivity index (χ2v) is 2.84. The first kappa shape index (κ1) is 11.1. The van der Waals surface area contributed by atoms with Gasteiger partial charge >= 0.3 is 0 Å². The van der Waals surface area contributed by atoms with Crippen molar-refractivity contribution >= 4 is 5.91 Å². The molecule has 0 aromatic rings. The Hall–Kier alpha value is 0.0544.